The fourth-order valence-electron chi connectivity index (χ4n) is 3.24. The largest absolute Gasteiger partial charge is 0.377 e. The quantitative estimate of drug-likeness (QED) is 0.632. The van der Waals surface area contributed by atoms with Gasteiger partial charge in [-0.05, 0) is 24.0 Å². The van der Waals surface area contributed by atoms with Gasteiger partial charge in [0.15, 0.2) is 5.96 Å². The lowest BCUT2D eigenvalue weighted by Gasteiger charge is -2.31. The molecule has 6 heteroatoms. The standard InChI is InChI=1S/C19H33N5O/c1-19(2,3)17-14(10-11-25-17)12-21-18(20-4)22-13-15-8-7-9-16(23-15)24(5)6/h7-9,14,17H,10-13H2,1-6H3,(H2,20,21,22)/t14-,17+/m1/s1. The Hall–Kier alpha value is -1.82. The summed E-state index contributed by atoms with van der Waals surface area (Å²) in [6.45, 7) is 9.09. The molecule has 0 saturated carbocycles. The molecule has 1 aliphatic rings. The van der Waals surface area contributed by atoms with Gasteiger partial charge in [0.2, 0.25) is 0 Å². The summed E-state index contributed by atoms with van der Waals surface area (Å²) < 4.78 is 5.95. The van der Waals surface area contributed by atoms with Gasteiger partial charge in [-0.3, -0.25) is 4.99 Å². The number of hydrogen-bond donors (Lipinski definition) is 2. The van der Waals surface area contributed by atoms with Gasteiger partial charge in [-0.1, -0.05) is 26.8 Å². The van der Waals surface area contributed by atoms with Gasteiger partial charge in [0.1, 0.15) is 5.82 Å². The molecule has 2 rings (SSSR count). The van der Waals surface area contributed by atoms with Crippen molar-refractivity contribution in [3.63, 3.8) is 0 Å². The first-order valence-electron chi connectivity index (χ1n) is 9.00. The Labute approximate surface area is 152 Å². The second-order valence-corrected chi connectivity index (χ2v) is 7.89. The van der Waals surface area contributed by atoms with Gasteiger partial charge in [0, 0.05) is 40.2 Å². The van der Waals surface area contributed by atoms with Gasteiger partial charge in [0.05, 0.1) is 18.3 Å². The highest BCUT2D eigenvalue weighted by atomic mass is 16.5. The zero-order valence-corrected chi connectivity index (χ0v) is 16.5. The number of nitrogens with zero attached hydrogens (tertiary/aromatic N) is 3. The van der Waals surface area contributed by atoms with Crippen LogP contribution in [0.4, 0.5) is 5.82 Å². The molecule has 0 radical (unpaired) electrons. The van der Waals surface area contributed by atoms with Gasteiger partial charge >= 0.3 is 0 Å². The van der Waals surface area contributed by atoms with Gasteiger partial charge < -0.3 is 20.3 Å². The fourth-order valence-corrected chi connectivity index (χ4v) is 3.24. The number of hydrogen-bond acceptors (Lipinski definition) is 4. The Morgan fingerprint density at radius 2 is 2.08 bits per heavy atom. The van der Waals surface area contributed by atoms with Crippen LogP contribution < -0.4 is 15.5 Å². The first-order valence-corrected chi connectivity index (χ1v) is 9.00. The molecular formula is C19H33N5O. The molecule has 1 aromatic rings. The van der Waals surface area contributed by atoms with Crippen LogP contribution >= 0.6 is 0 Å². The molecule has 0 amide bonds. The van der Waals surface area contributed by atoms with Crippen molar-refractivity contribution in [3.8, 4) is 0 Å². The maximum atomic E-state index is 5.95. The van der Waals surface area contributed by atoms with Crippen molar-refractivity contribution in [1.82, 2.24) is 15.6 Å². The maximum Gasteiger partial charge on any atom is 0.191 e. The molecular weight excluding hydrogens is 314 g/mol. The van der Waals surface area contributed by atoms with Gasteiger partial charge in [-0.15, -0.1) is 0 Å². The van der Waals surface area contributed by atoms with E-state index in [-0.39, 0.29) is 11.5 Å². The third kappa shape index (κ3) is 5.59. The number of aliphatic imine (C=N–C) groups is 1. The number of pyridine rings is 1. The average Bonchev–Trinajstić information content (AvgIpc) is 3.04. The molecule has 0 bridgehead atoms. The lowest BCUT2D eigenvalue weighted by atomic mass is 9.81. The molecule has 1 saturated heterocycles. The molecule has 0 aliphatic carbocycles. The van der Waals surface area contributed by atoms with Crippen LogP contribution in [-0.4, -0.2) is 51.3 Å². The number of anilines is 1. The number of aromatic nitrogens is 1. The molecule has 2 N–H and O–H groups in total. The summed E-state index contributed by atoms with van der Waals surface area (Å²) in [5.41, 5.74) is 1.15. The summed E-state index contributed by atoms with van der Waals surface area (Å²) in [7, 11) is 5.79. The summed E-state index contributed by atoms with van der Waals surface area (Å²) in [6, 6.07) is 6.05. The van der Waals surface area contributed by atoms with Gasteiger partial charge in [-0.2, -0.15) is 0 Å². The van der Waals surface area contributed by atoms with Crippen molar-refractivity contribution >= 4 is 11.8 Å². The number of ether oxygens (including phenoxy) is 1. The minimum absolute atomic E-state index is 0.163. The molecule has 1 fully saturated rings. The topological polar surface area (TPSA) is 61.8 Å². The zero-order chi connectivity index (χ0) is 18.4. The van der Waals surface area contributed by atoms with Crippen LogP contribution in [0.3, 0.4) is 0 Å². The van der Waals surface area contributed by atoms with E-state index in [0.717, 1.165) is 37.0 Å². The van der Waals surface area contributed by atoms with Crippen LogP contribution in [0, 0.1) is 11.3 Å². The first-order chi connectivity index (χ1) is 11.8. The second kappa shape index (κ2) is 8.52. The molecule has 1 aliphatic heterocycles. The van der Waals surface area contributed by atoms with Crippen LogP contribution in [0.15, 0.2) is 23.2 Å². The molecule has 2 heterocycles. The molecule has 1 aromatic heterocycles. The SMILES string of the molecule is CN=C(NCc1cccc(N(C)C)n1)NC[C@H]1CCO[C@@H]1C(C)(C)C. The van der Waals surface area contributed by atoms with E-state index in [2.05, 4.69) is 41.4 Å². The normalized spacial score (nSPS) is 21.3. The minimum atomic E-state index is 0.163. The number of guanidine groups is 1. The molecule has 25 heavy (non-hydrogen) atoms. The minimum Gasteiger partial charge on any atom is -0.377 e. The summed E-state index contributed by atoms with van der Waals surface area (Å²) in [4.78, 5) is 10.9. The molecule has 0 spiro atoms. The third-order valence-electron chi connectivity index (χ3n) is 4.51. The first kappa shape index (κ1) is 19.5. The molecule has 0 unspecified atom stereocenters. The lowest BCUT2D eigenvalue weighted by molar-refractivity contribution is 0.00801. The average molecular weight is 348 g/mol. The Bertz CT molecular complexity index is 579. The highest BCUT2D eigenvalue weighted by molar-refractivity contribution is 5.79. The third-order valence-corrected chi connectivity index (χ3v) is 4.51. The van der Waals surface area contributed by atoms with E-state index in [9.17, 15) is 0 Å². The maximum absolute atomic E-state index is 5.95. The summed E-state index contributed by atoms with van der Waals surface area (Å²) in [6.07, 6.45) is 1.38. The zero-order valence-electron chi connectivity index (χ0n) is 16.5. The molecule has 140 valence electrons. The summed E-state index contributed by atoms with van der Waals surface area (Å²) in [5.74, 6) is 2.27. The molecule has 0 aromatic carbocycles. The van der Waals surface area contributed by atoms with Crippen LogP contribution in [-0.2, 0) is 11.3 Å². The highest BCUT2D eigenvalue weighted by Gasteiger charge is 2.37. The molecule has 2 atom stereocenters. The molecule has 6 nitrogen and oxygen atoms in total. The fraction of sp³-hybridized carbons (Fsp3) is 0.684. The number of nitrogens with one attached hydrogen (secondary N) is 2. The smallest absolute Gasteiger partial charge is 0.191 e. The monoisotopic (exact) mass is 347 g/mol. The van der Waals surface area contributed by atoms with Crippen LogP contribution in [0.1, 0.15) is 32.9 Å². The summed E-state index contributed by atoms with van der Waals surface area (Å²) >= 11 is 0. The van der Waals surface area contributed by atoms with Gasteiger partial charge in [0.25, 0.3) is 0 Å². The predicted molar refractivity (Wildman–Crippen MR) is 104 cm³/mol. The van der Waals surface area contributed by atoms with E-state index in [0.29, 0.717) is 12.5 Å². The Morgan fingerprint density at radius 1 is 1.32 bits per heavy atom. The van der Waals surface area contributed by atoms with Crippen molar-refractivity contribution in [2.75, 3.05) is 39.2 Å². The highest BCUT2D eigenvalue weighted by Crippen LogP contribution is 2.34. The van der Waals surface area contributed by atoms with Crippen molar-refractivity contribution in [2.24, 2.45) is 16.3 Å². The van der Waals surface area contributed by atoms with Crippen LogP contribution in [0.25, 0.3) is 0 Å². The predicted octanol–water partition coefficient (Wildman–Crippen LogP) is 2.26. The van der Waals surface area contributed by atoms with Crippen molar-refractivity contribution in [2.45, 2.75) is 39.8 Å². The van der Waals surface area contributed by atoms with Crippen molar-refractivity contribution < 1.29 is 4.74 Å². The van der Waals surface area contributed by atoms with E-state index in [1.54, 1.807) is 7.05 Å². The van der Waals surface area contributed by atoms with Gasteiger partial charge in [-0.25, -0.2) is 4.98 Å². The van der Waals surface area contributed by atoms with E-state index < -0.39 is 0 Å². The van der Waals surface area contributed by atoms with Crippen LogP contribution in [0.5, 0.6) is 0 Å². The Kier molecular flexibility index (Phi) is 6.64. The van der Waals surface area contributed by atoms with E-state index in [1.165, 1.54) is 0 Å². The van der Waals surface area contributed by atoms with E-state index in [1.807, 2.05) is 37.2 Å². The Morgan fingerprint density at radius 3 is 2.72 bits per heavy atom. The lowest BCUT2D eigenvalue weighted by Crippen LogP contribution is -2.43. The van der Waals surface area contributed by atoms with Crippen LogP contribution in [0.2, 0.25) is 0 Å². The van der Waals surface area contributed by atoms with E-state index >= 15 is 0 Å². The van der Waals surface area contributed by atoms with Crippen molar-refractivity contribution in [1.29, 1.82) is 0 Å². The van der Waals surface area contributed by atoms with E-state index in [4.69, 9.17) is 4.74 Å². The second-order valence-electron chi connectivity index (χ2n) is 7.89. The Balaban J connectivity index is 1.86. The number of rotatable bonds is 5. The van der Waals surface area contributed by atoms with Crippen molar-refractivity contribution in [3.05, 3.63) is 23.9 Å². The summed E-state index contributed by atoms with van der Waals surface area (Å²) in [5, 5.41) is 6.79.